The topological polar surface area (TPSA) is 52.6 Å². The minimum atomic E-state index is -4.63. The van der Waals surface area contributed by atoms with Crippen LogP contribution in [-0.4, -0.2) is 31.8 Å². The van der Waals surface area contributed by atoms with Gasteiger partial charge in [-0.3, -0.25) is 0 Å². The SMILES string of the molecule is C=C(C(=O)OC)C(=O)OCC(F)(F)F. The second kappa shape index (κ2) is 4.64. The number of esters is 2. The fourth-order valence-electron chi connectivity index (χ4n) is 0.441. The fourth-order valence-corrected chi connectivity index (χ4v) is 0.441. The van der Waals surface area contributed by atoms with Crippen molar-refractivity contribution in [2.45, 2.75) is 6.18 Å². The number of alkyl halides is 3. The predicted octanol–water partition coefficient (Wildman–Crippen LogP) is 0.821. The summed E-state index contributed by atoms with van der Waals surface area (Å²) in [5, 5.41) is 0. The zero-order valence-corrected chi connectivity index (χ0v) is 7.18. The lowest BCUT2D eigenvalue weighted by atomic mass is 10.3. The van der Waals surface area contributed by atoms with Crippen LogP contribution < -0.4 is 0 Å². The predicted molar refractivity (Wildman–Crippen MR) is 38.2 cm³/mol. The van der Waals surface area contributed by atoms with Crippen molar-refractivity contribution < 1.29 is 32.2 Å². The van der Waals surface area contributed by atoms with E-state index in [1.807, 2.05) is 0 Å². The van der Waals surface area contributed by atoms with E-state index in [-0.39, 0.29) is 0 Å². The number of rotatable bonds is 3. The second-order valence-electron chi connectivity index (χ2n) is 2.16. The molecule has 0 saturated heterocycles. The zero-order valence-electron chi connectivity index (χ0n) is 7.18. The highest BCUT2D eigenvalue weighted by molar-refractivity contribution is 6.13. The minimum Gasteiger partial charge on any atom is -0.465 e. The fraction of sp³-hybridized carbons (Fsp3) is 0.429. The van der Waals surface area contributed by atoms with Gasteiger partial charge in [0.05, 0.1) is 7.11 Å². The summed E-state index contributed by atoms with van der Waals surface area (Å²) >= 11 is 0. The van der Waals surface area contributed by atoms with Crippen molar-refractivity contribution in [2.24, 2.45) is 0 Å². The molecule has 0 aliphatic heterocycles. The molecule has 80 valence electrons. The summed E-state index contributed by atoms with van der Waals surface area (Å²) in [5.74, 6) is -2.58. The van der Waals surface area contributed by atoms with Crippen molar-refractivity contribution in [2.75, 3.05) is 13.7 Å². The molecule has 0 spiro atoms. The largest absolute Gasteiger partial charge is 0.465 e. The van der Waals surface area contributed by atoms with Crippen molar-refractivity contribution in [3.05, 3.63) is 12.2 Å². The monoisotopic (exact) mass is 212 g/mol. The van der Waals surface area contributed by atoms with Crippen LogP contribution in [0.2, 0.25) is 0 Å². The molecule has 0 radical (unpaired) electrons. The van der Waals surface area contributed by atoms with Gasteiger partial charge >= 0.3 is 18.1 Å². The van der Waals surface area contributed by atoms with E-state index in [1.54, 1.807) is 0 Å². The Labute approximate surface area is 77.3 Å². The molecule has 0 atom stereocenters. The van der Waals surface area contributed by atoms with E-state index in [0.717, 1.165) is 7.11 Å². The van der Waals surface area contributed by atoms with E-state index in [9.17, 15) is 22.8 Å². The molecule has 7 heteroatoms. The minimum absolute atomic E-state index is 0.781. The third kappa shape index (κ3) is 4.48. The normalized spacial score (nSPS) is 10.6. The van der Waals surface area contributed by atoms with Crippen LogP contribution in [0.1, 0.15) is 0 Å². The second-order valence-corrected chi connectivity index (χ2v) is 2.16. The van der Waals surface area contributed by atoms with Crippen LogP contribution in [-0.2, 0) is 19.1 Å². The number of ether oxygens (including phenoxy) is 2. The van der Waals surface area contributed by atoms with E-state index in [0.29, 0.717) is 0 Å². The molecule has 0 aromatic rings. The van der Waals surface area contributed by atoms with Gasteiger partial charge in [-0.05, 0) is 0 Å². The lowest BCUT2D eigenvalue weighted by Gasteiger charge is -2.07. The lowest BCUT2D eigenvalue weighted by molar-refractivity contribution is -0.184. The Morgan fingerprint density at radius 1 is 1.29 bits per heavy atom. The Hall–Kier alpha value is -1.53. The number of methoxy groups -OCH3 is 1. The maximum Gasteiger partial charge on any atom is 0.422 e. The van der Waals surface area contributed by atoms with Crippen molar-refractivity contribution in [3.63, 3.8) is 0 Å². The standard InChI is InChI=1S/C7H7F3O4/c1-4(5(11)13-2)6(12)14-3-7(8,9)10/h1,3H2,2H3. The van der Waals surface area contributed by atoms with Crippen LogP contribution in [0.25, 0.3) is 0 Å². The maximum atomic E-state index is 11.5. The summed E-state index contributed by atoms with van der Waals surface area (Å²) in [4.78, 5) is 21.2. The Morgan fingerprint density at radius 3 is 2.14 bits per heavy atom. The summed E-state index contributed by atoms with van der Waals surface area (Å²) in [6.45, 7) is 1.15. The van der Waals surface area contributed by atoms with E-state index in [1.165, 1.54) is 0 Å². The van der Waals surface area contributed by atoms with Crippen molar-refractivity contribution in [1.29, 1.82) is 0 Å². The van der Waals surface area contributed by atoms with Gasteiger partial charge in [0, 0.05) is 0 Å². The summed E-state index contributed by atoms with van der Waals surface area (Å²) in [7, 11) is 0.963. The molecule has 0 N–H and O–H groups in total. The average molecular weight is 212 g/mol. The first kappa shape index (κ1) is 12.5. The quantitative estimate of drug-likeness (QED) is 0.301. The number of hydrogen-bond donors (Lipinski definition) is 0. The molecule has 0 aromatic carbocycles. The zero-order chi connectivity index (χ0) is 11.4. The summed E-state index contributed by atoms with van der Waals surface area (Å²) < 4.78 is 42.4. The molecule has 0 saturated carbocycles. The highest BCUT2D eigenvalue weighted by Crippen LogP contribution is 2.15. The molecule has 0 amide bonds. The van der Waals surface area contributed by atoms with Gasteiger partial charge in [-0.1, -0.05) is 6.58 Å². The highest BCUT2D eigenvalue weighted by Gasteiger charge is 2.31. The van der Waals surface area contributed by atoms with Crippen LogP contribution in [0.5, 0.6) is 0 Å². The molecular weight excluding hydrogens is 205 g/mol. The van der Waals surface area contributed by atoms with Crippen LogP contribution in [0.15, 0.2) is 12.2 Å². The Morgan fingerprint density at radius 2 is 1.79 bits per heavy atom. The molecular formula is C7H7F3O4. The van der Waals surface area contributed by atoms with Crippen molar-refractivity contribution >= 4 is 11.9 Å². The molecule has 0 fully saturated rings. The van der Waals surface area contributed by atoms with Crippen LogP contribution in [0, 0.1) is 0 Å². The average Bonchev–Trinajstić information content (AvgIpc) is 2.10. The smallest absolute Gasteiger partial charge is 0.422 e. The number of carbonyl (C=O) groups excluding carboxylic acids is 2. The van der Waals surface area contributed by atoms with Gasteiger partial charge in [0.15, 0.2) is 6.61 Å². The van der Waals surface area contributed by atoms with Gasteiger partial charge in [-0.2, -0.15) is 13.2 Å². The van der Waals surface area contributed by atoms with Crippen molar-refractivity contribution in [1.82, 2.24) is 0 Å². The molecule has 0 aromatic heterocycles. The Bertz CT molecular complexity index is 256. The summed E-state index contributed by atoms with van der Waals surface area (Å²) in [5.41, 5.74) is -0.781. The lowest BCUT2D eigenvalue weighted by Crippen LogP contribution is -2.23. The maximum absolute atomic E-state index is 11.5. The van der Waals surface area contributed by atoms with E-state index in [2.05, 4.69) is 16.1 Å². The van der Waals surface area contributed by atoms with E-state index < -0.39 is 30.3 Å². The molecule has 14 heavy (non-hydrogen) atoms. The number of carbonyl (C=O) groups is 2. The first-order valence-corrected chi connectivity index (χ1v) is 3.29. The van der Waals surface area contributed by atoms with Gasteiger partial charge in [-0.15, -0.1) is 0 Å². The van der Waals surface area contributed by atoms with Gasteiger partial charge in [-0.25, -0.2) is 9.59 Å². The summed E-state index contributed by atoms with van der Waals surface area (Å²) in [6, 6.07) is 0. The van der Waals surface area contributed by atoms with Gasteiger partial charge in [0.2, 0.25) is 0 Å². The number of halogens is 3. The molecule has 0 rings (SSSR count). The molecule has 4 nitrogen and oxygen atoms in total. The van der Waals surface area contributed by atoms with Gasteiger partial charge < -0.3 is 9.47 Å². The summed E-state index contributed by atoms with van der Waals surface area (Å²) in [6.07, 6.45) is -4.63. The molecule has 0 aliphatic rings. The number of hydrogen-bond acceptors (Lipinski definition) is 4. The third-order valence-electron chi connectivity index (χ3n) is 1.05. The molecule has 0 heterocycles. The highest BCUT2D eigenvalue weighted by atomic mass is 19.4. The van der Waals surface area contributed by atoms with Crippen LogP contribution in [0.3, 0.4) is 0 Å². The molecule has 0 aliphatic carbocycles. The van der Waals surface area contributed by atoms with Crippen LogP contribution in [0.4, 0.5) is 13.2 Å². The first-order valence-electron chi connectivity index (χ1n) is 3.29. The van der Waals surface area contributed by atoms with E-state index in [4.69, 9.17) is 0 Å². The van der Waals surface area contributed by atoms with Gasteiger partial charge in [0.1, 0.15) is 5.57 Å². The van der Waals surface area contributed by atoms with Crippen LogP contribution >= 0.6 is 0 Å². The Balaban J connectivity index is 4.11. The third-order valence-corrected chi connectivity index (χ3v) is 1.05. The first-order chi connectivity index (χ1) is 6.28. The molecule has 0 bridgehead atoms. The van der Waals surface area contributed by atoms with E-state index >= 15 is 0 Å². The van der Waals surface area contributed by atoms with Crippen molar-refractivity contribution in [3.8, 4) is 0 Å². The van der Waals surface area contributed by atoms with Gasteiger partial charge in [0.25, 0.3) is 0 Å². The molecule has 0 unspecified atom stereocenters. The Kier molecular flexibility index (Phi) is 4.13.